The topological polar surface area (TPSA) is 32.3 Å². The molecule has 1 aromatic rings. The lowest BCUT2D eigenvalue weighted by molar-refractivity contribution is -0.132. The number of thiophene rings is 1. The molecule has 1 unspecified atom stereocenters. The summed E-state index contributed by atoms with van der Waals surface area (Å²) >= 11 is 3.77. The maximum Gasteiger partial charge on any atom is 0.224 e. The SMILES string of the molecule is Cl.O=C(CC1CSCCN1)N1CCc2sccc2C1. The van der Waals surface area contributed by atoms with Crippen LogP contribution in [0, 0.1) is 0 Å². The van der Waals surface area contributed by atoms with E-state index in [4.69, 9.17) is 0 Å². The average molecular weight is 319 g/mol. The number of carbonyl (C=O) groups excluding carboxylic acids is 1. The van der Waals surface area contributed by atoms with Crippen molar-refractivity contribution in [1.29, 1.82) is 0 Å². The first-order valence-corrected chi connectivity index (χ1v) is 8.50. The molecule has 19 heavy (non-hydrogen) atoms. The van der Waals surface area contributed by atoms with Crippen molar-refractivity contribution in [2.24, 2.45) is 0 Å². The quantitative estimate of drug-likeness (QED) is 0.907. The number of nitrogens with one attached hydrogen (secondary N) is 1. The second kappa shape index (κ2) is 6.97. The Bertz CT molecular complexity index is 432. The molecule has 1 amide bonds. The van der Waals surface area contributed by atoms with Crippen molar-refractivity contribution in [3.63, 3.8) is 0 Å². The second-order valence-electron chi connectivity index (χ2n) is 4.86. The standard InChI is InChI=1S/C13H18N2OS2.ClH/c16-13(7-11-9-17-6-3-14-11)15-4-1-12-10(8-15)2-5-18-12;/h2,5,11,14H,1,3-4,6-9H2;1H. The minimum Gasteiger partial charge on any atom is -0.338 e. The average Bonchev–Trinajstić information content (AvgIpc) is 2.87. The predicted molar refractivity (Wildman–Crippen MR) is 84.4 cm³/mol. The van der Waals surface area contributed by atoms with Gasteiger partial charge in [-0.1, -0.05) is 0 Å². The highest BCUT2D eigenvalue weighted by Crippen LogP contribution is 2.24. The third kappa shape index (κ3) is 3.66. The number of hydrogen-bond donors (Lipinski definition) is 1. The van der Waals surface area contributed by atoms with Crippen LogP contribution in [-0.2, 0) is 17.8 Å². The summed E-state index contributed by atoms with van der Waals surface area (Å²) in [6.45, 7) is 2.75. The highest BCUT2D eigenvalue weighted by Gasteiger charge is 2.24. The van der Waals surface area contributed by atoms with Gasteiger partial charge >= 0.3 is 0 Å². The highest BCUT2D eigenvalue weighted by molar-refractivity contribution is 7.99. The fourth-order valence-corrected chi connectivity index (χ4v) is 4.39. The van der Waals surface area contributed by atoms with Gasteiger partial charge in [0.15, 0.2) is 0 Å². The molecule has 3 rings (SSSR count). The lowest BCUT2D eigenvalue weighted by Gasteiger charge is -2.30. The Balaban J connectivity index is 0.00000133. The maximum atomic E-state index is 12.3. The van der Waals surface area contributed by atoms with E-state index < -0.39 is 0 Å². The van der Waals surface area contributed by atoms with E-state index in [-0.39, 0.29) is 12.4 Å². The molecule has 1 N–H and O–H groups in total. The molecule has 0 saturated carbocycles. The number of hydrogen-bond acceptors (Lipinski definition) is 4. The first-order valence-electron chi connectivity index (χ1n) is 6.47. The molecule has 2 aliphatic heterocycles. The lowest BCUT2D eigenvalue weighted by atomic mass is 10.1. The van der Waals surface area contributed by atoms with Crippen LogP contribution < -0.4 is 5.32 Å². The molecule has 0 bridgehead atoms. The fourth-order valence-electron chi connectivity index (χ4n) is 2.55. The fraction of sp³-hybridized carbons (Fsp3) is 0.615. The van der Waals surface area contributed by atoms with Crippen molar-refractivity contribution in [3.8, 4) is 0 Å². The molecule has 2 aliphatic rings. The molecule has 3 nitrogen and oxygen atoms in total. The van der Waals surface area contributed by atoms with Crippen molar-refractivity contribution in [1.82, 2.24) is 10.2 Å². The summed E-state index contributed by atoms with van der Waals surface area (Å²) in [5.74, 6) is 2.56. The third-order valence-electron chi connectivity index (χ3n) is 3.58. The molecule has 1 atom stereocenters. The van der Waals surface area contributed by atoms with Gasteiger partial charge in [0.2, 0.25) is 5.91 Å². The Hall–Kier alpha value is -0.230. The number of thioether (sulfide) groups is 1. The monoisotopic (exact) mass is 318 g/mol. The van der Waals surface area contributed by atoms with Crippen molar-refractivity contribution >= 4 is 41.4 Å². The lowest BCUT2D eigenvalue weighted by Crippen LogP contribution is -2.43. The molecule has 1 fully saturated rings. The summed E-state index contributed by atoms with van der Waals surface area (Å²) in [5.41, 5.74) is 1.35. The molecular weight excluding hydrogens is 300 g/mol. The number of halogens is 1. The molecule has 6 heteroatoms. The van der Waals surface area contributed by atoms with E-state index >= 15 is 0 Å². The van der Waals surface area contributed by atoms with Crippen molar-refractivity contribution in [2.75, 3.05) is 24.6 Å². The van der Waals surface area contributed by atoms with Crippen LogP contribution in [0.2, 0.25) is 0 Å². The zero-order valence-corrected chi connectivity index (χ0v) is 13.2. The molecule has 0 aliphatic carbocycles. The van der Waals surface area contributed by atoms with E-state index in [0.717, 1.165) is 31.8 Å². The highest BCUT2D eigenvalue weighted by atomic mass is 35.5. The maximum absolute atomic E-state index is 12.3. The van der Waals surface area contributed by atoms with E-state index in [1.54, 1.807) is 0 Å². The third-order valence-corrected chi connectivity index (χ3v) is 5.73. The number of carbonyl (C=O) groups is 1. The summed E-state index contributed by atoms with van der Waals surface area (Å²) in [5, 5.41) is 5.57. The summed E-state index contributed by atoms with van der Waals surface area (Å²) in [6, 6.07) is 2.54. The van der Waals surface area contributed by atoms with Crippen LogP contribution in [0.25, 0.3) is 0 Å². The van der Waals surface area contributed by atoms with Gasteiger partial charge < -0.3 is 10.2 Å². The molecule has 0 spiro atoms. The molecule has 106 valence electrons. The molecular formula is C13H19ClN2OS2. The Morgan fingerprint density at radius 1 is 1.53 bits per heavy atom. The minimum absolute atomic E-state index is 0. The summed E-state index contributed by atoms with van der Waals surface area (Å²) in [4.78, 5) is 15.8. The Morgan fingerprint density at radius 2 is 2.42 bits per heavy atom. The van der Waals surface area contributed by atoms with Gasteiger partial charge in [-0.15, -0.1) is 23.7 Å². The number of nitrogens with zero attached hydrogens (tertiary/aromatic N) is 1. The van der Waals surface area contributed by atoms with Crippen molar-refractivity contribution in [2.45, 2.75) is 25.4 Å². The Morgan fingerprint density at radius 3 is 3.21 bits per heavy atom. The first kappa shape index (κ1) is 15.2. The molecule has 1 aromatic heterocycles. The van der Waals surface area contributed by atoms with Crippen LogP contribution in [-0.4, -0.2) is 41.4 Å². The van der Waals surface area contributed by atoms with Gasteiger partial charge in [0, 0.05) is 48.5 Å². The zero-order valence-electron chi connectivity index (χ0n) is 10.8. The van der Waals surface area contributed by atoms with Gasteiger partial charge in [-0.3, -0.25) is 4.79 Å². The van der Waals surface area contributed by atoms with Crippen LogP contribution in [0.15, 0.2) is 11.4 Å². The van der Waals surface area contributed by atoms with Crippen LogP contribution in [0.3, 0.4) is 0 Å². The van der Waals surface area contributed by atoms with Gasteiger partial charge in [0.25, 0.3) is 0 Å². The Kier molecular flexibility index (Phi) is 5.57. The predicted octanol–water partition coefficient (Wildman–Crippen LogP) is 2.15. The van der Waals surface area contributed by atoms with E-state index in [9.17, 15) is 4.79 Å². The van der Waals surface area contributed by atoms with E-state index in [2.05, 4.69) is 16.8 Å². The molecule has 1 saturated heterocycles. The minimum atomic E-state index is 0. The van der Waals surface area contributed by atoms with Gasteiger partial charge in [0.1, 0.15) is 0 Å². The van der Waals surface area contributed by atoms with Gasteiger partial charge in [-0.25, -0.2) is 0 Å². The summed E-state index contributed by atoms with van der Waals surface area (Å²) in [6.07, 6.45) is 1.69. The summed E-state index contributed by atoms with van der Waals surface area (Å²) in [7, 11) is 0. The van der Waals surface area contributed by atoms with Crippen LogP contribution in [0.1, 0.15) is 16.9 Å². The number of amides is 1. The van der Waals surface area contributed by atoms with Crippen LogP contribution in [0.5, 0.6) is 0 Å². The number of fused-ring (bicyclic) bond motifs is 1. The largest absolute Gasteiger partial charge is 0.338 e. The second-order valence-corrected chi connectivity index (χ2v) is 7.01. The smallest absolute Gasteiger partial charge is 0.224 e. The molecule has 3 heterocycles. The first-order chi connectivity index (χ1) is 8.83. The van der Waals surface area contributed by atoms with Gasteiger partial charge in [0.05, 0.1) is 0 Å². The van der Waals surface area contributed by atoms with Gasteiger partial charge in [-0.05, 0) is 23.4 Å². The van der Waals surface area contributed by atoms with E-state index in [1.807, 2.05) is 28.0 Å². The summed E-state index contributed by atoms with van der Waals surface area (Å²) < 4.78 is 0. The van der Waals surface area contributed by atoms with Crippen LogP contribution >= 0.6 is 35.5 Å². The van der Waals surface area contributed by atoms with Gasteiger partial charge in [-0.2, -0.15) is 11.8 Å². The van der Waals surface area contributed by atoms with E-state index in [0.29, 0.717) is 18.4 Å². The molecule has 0 aromatic carbocycles. The van der Waals surface area contributed by atoms with E-state index in [1.165, 1.54) is 16.2 Å². The molecule has 0 radical (unpaired) electrons. The number of rotatable bonds is 2. The van der Waals surface area contributed by atoms with Crippen molar-refractivity contribution in [3.05, 3.63) is 21.9 Å². The normalized spacial score (nSPS) is 22.5. The van der Waals surface area contributed by atoms with Crippen molar-refractivity contribution < 1.29 is 4.79 Å². The van der Waals surface area contributed by atoms with Crippen LogP contribution in [0.4, 0.5) is 0 Å². The zero-order chi connectivity index (χ0) is 12.4. The Labute approximate surface area is 128 Å².